The standard InChI is InChI=1S/Bi.Co.Fe.K.Mo.Ni.O.Si.W. The monoisotopic (exact) mass is 747 g/mol. The number of hydrogen-bond donors (Lipinski definition) is 0. The van der Waals surface area contributed by atoms with Crippen LogP contribution in [0.4, 0.5) is 0 Å². The molecule has 0 bridgehead atoms. The Bertz CT molecular complexity index is 28.5. The Morgan fingerprint density at radius 3 is 1.11 bits per heavy atom. The van der Waals surface area contributed by atoms with E-state index in [1.165, 1.54) is 0 Å². The van der Waals surface area contributed by atoms with Crippen molar-refractivity contribution in [1.29, 1.82) is 0 Å². The van der Waals surface area contributed by atoms with E-state index in [-0.39, 0.29) is 160 Å². The van der Waals surface area contributed by atoms with E-state index >= 15 is 0 Å². The molecule has 9 heavy (non-hydrogen) atoms. The number of rotatable bonds is 0. The molecule has 9 radical (unpaired) electrons. The van der Waals surface area contributed by atoms with Crippen molar-refractivity contribution < 1.29 is 94.6 Å². The summed E-state index contributed by atoms with van der Waals surface area (Å²) in [5.41, 5.74) is 0. The van der Waals surface area contributed by atoms with Gasteiger partial charge in [0.15, 0.2) is 0 Å². The van der Waals surface area contributed by atoms with Crippen molar-refractivity contribution in [3.63, 3.8) is 0 Å². The zero-order valence-corrected chi connectivity index (χ0v) is 19.8. The van der Waals surface area contributed by atoms with Gasteiger partial charge in [0, 0.05) is 160 Å². The first-order valence-corrected chi connectivity index (χ1v) is 1.36. The Morgan fingerprint density at radius 2 is 1.11 bits per heavy atom. The van der Waals surface area contributed by atoms with E-state index < -0.39 is 0 Å². The molecule has 0 rings (SSSR count). The minimum Gasteiger partial charge on any atom is 0 e. The van der Waals surface area contributed by atoms with Crippen molar-refractivity contribution in [2.75, 3.05) is 0 Å². The van der Waals surface area contributed by atoms with Crippen molar-refractivity contribution in [2.45, 2.75) is 0 Å². The van der Waals surface area contributed by atoms with Gasteiger partial charge in [-0.05, 0) is 0 Å². The van der Waals surface area contributed by atoms with Gasteiger partial charge in [-0.2, -0.15) is 0 Å². The summed E-state index contributed by atoms with van der Waals surface area (Å²) in [5.74, 6) is 0. The molecule has 0 heterocycles. The molecule has 55 valence electrons. The Hall–Kier alpha value is 5.43. The van der Waals surface area contributed by atoms with Gasteiger partial charge in [0.05, 0.1) is 0 Å². The fourth-order valence-electron chi connectivity index (χ4n) is 0. The second kappa shape index (κ2) is 70.4. The molecule has 0 aromatic heterocycles. The summed E-state index contributed by atoms with van der Waals surface area (Å²) >= 11 is 0.333. The molecule has 0 aliphatic heterocycles. The molecule has 0 unspecified atom stereocenters. The van der Waals surface area contributed by atoms with Crippen molar-refractivity contribution in [1.82, 2.24) is 0 Å². The van der Waals surface area contributed by atoms with Gasteiger partial charge in [0.25, 0.3) is 0 Å². The molecule has 0 aromatic carbocycles. The van der Waals surface area contributed by atoms with Gasteiger partial charge < -0.3 is 0 Å². The molecule has 0 spiro atoms. The van der Waals surface area contributed by atoms with E-state index in [4.69, 9.17) is 3.40 Å². The van der Waals surface area contributed by atoms with Gasteiger partial charge in [0.2, 0.25) is 0 Å². The molecule has 0 saturated carbocycles. The van der Waals surface area contributed by atoms with Crippen LogP contribution in [0.15, 0.2) is 0 Å². The van der Waals surface area contributed by atoms with Crippen LogP contribution >= 0.6 is 0 Å². The van der Waals surface area contributed by atoms with Crippen LogP contribution in [0, 0.1) is 0 Å². The van der Waals surface area contributed by atoms with Crippen LogP contribution < -0.4 is 0 Å². The Morgan fingerprint density at radius 1 is 1.11 bits per heavy atom. The topological polar surface area (TPSA) is 17.1 Å². The fraction of sp³-hybridized carbons (Fsp3) is 0. The molecule has 0 aliphatic rings. The maximum atomic E-state index is 8.33. The third kappa shape index (κ3) is 59.5. The molecular formula is BiCoFeKMoNiOSiW. The Labute approximate surface area is 178 Å². The summed E-state index contributed by atoms with van der Waals surface area (Å²) in [6.07, 6.45) is 0. The fourth-order valence-corrected chi connectivity index (χ4v) is 0. The van der Waals surface area contributed by atoms with Crippen molar-refractivity contribution in [3.05, 3.63) is 0 Å². The van der Waals surface area contributed by atoms with Crippen LogP contribution in [-0.4, -0.2) is 88.6 Å². The maximum Gasteiger partial charge on any atom is 0 e. The quantitative estimate of drug-likeness (QED) is 0.283. The summed E-state index contributed by atoms with van der Waals surface area (Å²) in [6.45, 7) is 0. The molecular weight excluding hydrogens is 745 g/mol. The van der Waals surface area contributed by atoms with E-state index in [0.29, 0.717) is 19.8 Å². The predicted molar refractivity (Wildman–Crippen MR) is 17.9 cm³/mol. The average molecular weight is 745 g/mol. The van der Waals surface area contributed by atoms with Gasteiger partial charge >= 0.3 is 23.2 Å². The van der Waals surface area contributed by atoms with Gasteiger partial charge in [-0.1, -0.05) is 0 Å². The molecule has 0 saturated heterocycles. The summed E-state index contributed by atoms with van der Waals surface area (Å²) in [6, 6.07) is 0. The van der Waals surface area contributed by atoms with E-state index in [1.54, 1.807) is 0 Å². The minimum absolute atomic E-state index is 0. The molecule has 0 atom stereocenters. The number of hydrogen-bond acceptors (Lipinski definition) is 1. The minimum atomic E-state index is 0. The van der Waals surface area contributed by atoms with Crippen molar-refractivity contribution >= 4 is 88.6 Å². The predicted octanol–water partition coefficient (Wildman–Crippen LogP) is -1.27. The van der Waals surface area contributed by atoms with Crippen molar-refractivity contribution in [2.24, 2.45) is 0 Å². The molecule has 1 nitrogen and oxygen atoms in total. The van der Waals surface area contributed by atoms with Gasteiger partial charge in [-0.3, -0.25) is 0 Å². The zero-order valence-electron chi connectivity index (χ0n) is 4.18. The van der Waals surface area contributed by atoms with Crippen LogP contribution in [0.3, 0.4) is 0 Å². The first-order chi connectivity index (χ1) is 1.00. The third-order valence-corrected chi connectivity index (χ3v) is 0. The summed E-state index contributed by atoms with van der Waals surface area (Å²) in [5, 5.41) is 0. The molecule has 0 fully saturated rings. The molecule has 0 amide bonds. The Balaban J connectivity index is -0.000000000238. The van der Waals surface area contributed by atoms with E-state index in [0.717, 1.165) is 0 Å². The van der Waals surface area contributed by atoms with Crippen molar-refractivity contribution in [3.8, 4) is 0 Å². The first-order valence-electron chi connectivity index (χ1n) is 0.167. The molecule has 9 heteroatoms. The third-order valence-electron chi connectivity index (χ3n) is 0. The summed E-state index contributed by atoms with van der Waals surface area (Å²) < 4.78 is 8.33. The normalized spacial score (nSPS) is 0.444. The summed E-state index contributed by atoms with van der Waals surface area (Å²) in [4.78, 5) is 0. The molecule has 0 N–H and O–H groups in total. The van der Waals surface area contributed by atoms with Crippen LogP contribution in [0.25, 0.3) is 0 Å². The van der Waals surface area contributed by atoms with Crippen LogP contribution in [0.1, 0.15) is 0 Å². The second-order valence-electron chi connectivity index (χ2n) is 0. The average Bonchev–Trinajstić information content (AvgIpc) is 1.00. The Kier molecular flexibility index (Phi) is 492. The molecule has 0 aromatic rings. The maximum absolute atomic E-state index is 8.33. The zero-order chi connectivity index (χ0) is 2.00. The van der Waals surface area contributed by atoms with Gasteiger partial charge in [-0.15, -0.1) is 0 Å². The largest absolute Gasteiger partial charge is 0 e. The van der Waals surface area contributed by atoms with E-state index in [1.807, 2.05) is 0 Å². The molecule has 0 aliphatic carbocycles. The first kappa shape index (κ1) is 62.9. The SMILES string of the molecule is [Bi].[Co].[Fe].[K].[Mo].[Ni].[O]=[W].[Si]. The summed E-state index contributed by atoms with van der Waals surface area (Å²) in [7, 11) is 0. The van der Waals surface area contributed by atoms with E-state index in [2.05, 4.69) is 0 Å². The smallest absolute Gasteiger partial charge is 0 e. The van der Waals surface area contributed by atoms with Crippen LogP contribution in [-0.2, 0) is 94.6 Å². The van der Waals surface area contributed by atoms with Crippen LogP contribution in [0.2, 0.25) is 0 Å². The second-order valence-corrected chi connectivity index (χ2v) is 0. The van der Waals surface area contributed by atoms with Crippen LogP contribution in [0.5, 0.6) is 0 Å². The van der Waals surface area contributed by atoms with Gasteiger partial charge in [-0.25, -0.2) is 0 Å². The van der Waals surface area contributed by atoms with E-state index in [9.17, 15) is 0 Å². The van der Waals surface area contributed by atoms with Gasteiger partial charge in [0.1, 0.15) is 0 Å².